The third-order valence-electron chi connectivity index (χ3n) is 1.74. The number of anilines is 1. The van der Waals surface area contributed by atoms with Gasteiger partial charge in [0.2, 0.25) is 0 Å². The molecule has 0 aliphatic heterocycles. The number of halogens is 1. The standard InChI is InChI=1S/C10H12ClN/c1-7-4-5-9(8(2)11)10(6-7)12-3/h4-6,12H,2H2,1,3H3. The number of rotatable bonds is 2. The lowest BCUT2D eigenvalue weighted by Crippen LogP contribution is -1.93. The maximum absolute atomic E-state index is 5.80. The second-order valence-corrected chi connectivity index (χ2v) is 3.16. The molecule has 0 amide bonds. The number of hydrogen-bond acceptors (Lipinski definition) is 1. The fourth-order valence-electron chi connectivity index (χ4n) is 1.10. The van der Waals surface area contributed by atoms with Crippen molar-refractivity contribution in [3.05, 3.63) is 35.9 Å². The molecule has 1 aromatic rings. The van der Waals surface area contributed by atoms with Crippen molar-refractivity contribution >= 4 is 22.3 Å². The smallest absolute Gasteiger partial charge is 0.0428 e. The second-order valence-electron chi connectivity index (χ2n) is 2.70. The highest BCUT2D eigenvalue weighted by Crippen LogP contribution is 2.25. The van der Waals surface area contributed by atoms with E-state index in [1.165, 1.54) is 5.56 Å². The van der Waals surface area contributed by atoms with Crippen LogP contribution in [0, 0.1) is 6.92 Å². The fraction of sp³-hybridized carbons (Fsp3) is 0.200. The number of hydrogen-bond donors (Lipinski definition) is 1. The Labute approximate surface area is 78.1 Å². The zero-order chi connectivity index (χ0) is 9.14. The maximum atomic E-state index is 5.80. The zero-order valence-electron chi connectivity index (χ0n) is 7.32. The van der Waals surface area contributed by atoms with E-state index in [9.17, 15) is 0 Å². The highest BCUT2D eigenvalue weighted by Gasteiger charge is 2.01. The Bertz CT molecular complexity index is 305. The van der Waals surface area contributed by atoms with Crippen molar-refractivity contribution in [2.75, 3.05) is 12.4 Å². The van der Waals surface area contributed by atoms with Crippen LogP contribution in [0.25, 0.3) is 5.03 Å². The first-order valence-electron chi connectivity index (χ1n) is 3.78. The van der Waals surface area contributed by atoms with Crippen LogP contribution in [-0.2, 0) is 0 Å². The Kier molecular flexibility index (Phi) is 2.77. The van der Waals surface area contributed by atoms with Crippen molar-refractivity contribution in [3.8, 4) is 0 Å². The van der Waals surface area contributed by atoms with Crippen LogP contribution in [0.5, 0.6) is 0 Å². The molecule has 0 bridgehead atoms. The lowest BCUT2D eigenvalue weighted by Gasteiger charge is -2.07. The molecule has 1 nitrogen and oxygen atoms in total. The van der Waals surface area contributed by atoms with Crippen LogP contribution in [0.15, 0.2) is 24.8 Å². The van der Waals surface area contributed by atoms with Crippen molar-refractivity contribution in [2.24, 2.45) is 0 Å². The molecule has 0 saturated carbocycles. The van der Waals surface area contributed by atoms with Gasteiger partial charge in [-0.05, 0) is 18.6 Å². The predicted octanol–water partition coefficient (Wildman–Crippen LogP) is 3.25. The van der Waals surface area contributed by atoms with Crippen molar-refractivity contribution in [2.45, 2.75) is 6.92 Å². The van der Waals surface area contributed by atoms with Gasteiger partial charge in [-0.1, -0.05) is 30.3 Å². The van der Waals surface area contributed by atoms with E-state index in [4.69, 9.17) is 11.6 Å². The van der Waals surface area contributed by atoms with Gasteiger partial charge in [-0.15, -0.1) is 0 Å². The molecule has 0 heterocycles. The van der Waals surface area contributed by atoms with Crippen LogP contribution < -0.4 is 5.32 Å². The minimum absolute atomic E-state index is 0.569. The second kappa shape index (κ2) is 3.63. The van der Waals surface area contributed by atoms with Crippen LogP contribution in [0.2, 0.25) is 0 Å². The van der Waals surface area contributed by atoms with Gasteiger partial charge in [0.05, 0.1) is 0 Å². The topological polar surface area (TPSA) is 12.0 Å². The lowest BCUT2D eigenvalue weighted by molar-refractivity contribution is 1.41. The SMILES string of the molecule is C=C(Cl)c1ccc(C)cc1NC. The van der Waals surface area contributed by atoms with Crippen LogP contribution in [0.3, 0.4) is 0 Å². The third kappa shape index (κ3) is 1.80. The monoisotopic (exact) mass is 181 g/mol. The molecule has 0 fully saturated rings. The Morgan fingerprint density at radius 3 is 2.67 bits per heavy atom. The van der Waals surface area contributed by atoms with Gasteiger partial charge in [-0.2, -0.15) is 0 Å². The Balaban J connectivity index is 3.20. The van der Waals surface area contributed by atoms with Gasteiger partial charge in [-0.25, -0.2) is 0 Å². The van der Waals surface area contributed by atoms with Gasteiger partial charge >= 0.3 is 0 Å². The summed E-state index contributed by atoms with van der Waals surface area (Å²) in [5.41, 5.74) is 3.20. The van der Waals surface area contributed by atoms with Gasteiger partial charge in [-0.3, -0.25) is 0 Å². The normalized spacial score (nSPS) is 9.58. The Morgan fingerprint density at radius 1 is 1.50 bits per heavy atom. The van der Waals surface area contributed by atoms with Crippen molar-refractivity contribution < 1.29 is 0 Å². The largest absolute Gasteiger partial charge is 0.388 e. The summed E-state index contributed by atoms with van der Waals surface area (Å²) in [4.78, 5) is 0. The number of aryl methyl sites for hydroxylation is 1. The van der Waals surface area contributed by atoms with Gasteiger partial charge in [0.1, 0.15) is 0 Å². The van der Waals surface area contributed by atoms with Gasteiger partial charge in [0.15, 0.2) is 0 Å². The van der Waals surface area contributed by atoms with Crippen molar-refractivity contribution in [1.82, 2.24) is 0 Å². The van der Waals surface area contributed by atoms with Gasteiger partial charge in [0.25, 0.3) is 0 Å². The molecule has 0 saturated heterocycles. The molecular weight excluding hydrogens is 170 g/mol. The molecule has 0 aliphatic rings. The first-order valence-corrected chi connectivity index (χ1v) is 4.16. The van der Waals surface area contributed by atoms with Crippen LogP contribution in [-0.4, -0.2) is 7.05 Å². The quantitative estimate of drug-likeness (QED) is 0.739. The van der Waals surface area contributed by atoms with E-state index < -0.39 is 0 Å². The van der Waals surface area contributed by atoms with E-state index >= 15 is 0 Å². The average Bonchev–Trinajstić information content (AvgIpc) is 2.03. The van der Waals surface area contributed by atoms with E-state index in [2.05, 4.69) is 11.9 Å². The van der Waals surface area contributed by atoms with E-state index in [1.807, 2.05) is 32.2 Å². The molecule has 0 radical (unpaired) electrons. The summed E-state index contributed by atoms with van der Waals surface area (Å²) in [5, 5.41) is 3.64. The van der Waals surface area contributed by atoms with E-state index in [-0.39, 0.29) is 0 Å². The summed E-state index contributed by atoms with van der Waals surface area (Å²) in [7, 11) is 1.87. The number of nitrogens with one attached hydrogen (secondary N) is 1. The predicted molar refractivity (Wildman–Crippen MR) is 55.6 cm³/mol. The third-order valence-corrected chi connectivity index (χ3v) is 1.94. The van der Waals surface area contributed by atoms with E-state index in [0.717, 1.165) is 11.3 Å². The molecule has 12 heavy (non-hydrogen) atoms. The fourth-order valence-corrected chi connectivity index (χ4v) is 1.27. The molecule has 2 heteroatoms. The van der Waals surface area contributed by atoms with Crippen molar-refractivity contribution in [3.63, 3.8) is 0 Å². The molecule has 1 aromatic carbocycles. The molecule has 0 atom stereocenters. The summed E-state index contributed by atoms with van der Waals surface area (Å²) < 4.78 is 0. The lowest BCUT2D eigenvalue weighted by atomic mass is 10.1. The minimum Gasteiger partial charge on any atom is -0.388 e. The Morgan fingerprint density at radius 2 is 2.17 bits per heavy atom. The average molecular weight is 182 g/mol. The summed E-state index contributed by atoms with van der Waals surface area (Å²) in [6.07, 6.45) is 0. The summed E-state index contributed by atoms with van der Waals surface area (Å²) in [6.45, 7) is 5.73. The summed E-state index contributed by atoms with van der Waals surface area (Å²) >= 11 is 5.80. The van der Waals surface area contributed by atoms with Gasteiger partial charge < -0.3 is 5.32 Å². The molecule has 0 aromatic heterocycles. The molecule has 0 spiro atoms. The first kappa shape index (κ1) is 9.14. The summed E-state index contributed by atoms with van der Waals surface area (Å²) in [6, 6.07) is 6.03. The summed E-state index contributed by atoms with van der Waals surface area (Å²) in [5.74, 6) is 0. The van der Waals surface area contributed by atoms with E-state index in [1.54, 1.807) is 0 Å². The van der Waals surface area contributed by atoms with Crippen LogP contribution in [0.1, 0.15) is 11.1 Å². The van der Waals surface area contributed by atoms with Crippen LogP contribution >= 0.6 is 11.6 Å². The molecular formula is C10H12ClN. The molecule has 64 valence electrons. The Hall–Kier alpha value is -0.950. The molecule has 1 N–H and O–H groups in total. The maximum Gasteiger partial charge on any atom is 0.0428 e. The highest BCUT2D eigenvalue weighted by atomic mass is 35.5. The minimum atomic E-state index is 0.569. The molecule has 1 rings (SSSR count). The van der Waals surface area contributed by atoms with Crippen LogP contribution in [0.4, 0.5) is 5.69 Å². The zero-order valence-corrected chi connectivity index (χ0v) is 8.07. The van der Waals surface area contributed by atoms with E-state index in [0.29, 0.717) is 5.03 Å². The molecule has 0 unspecified atom stereocenters. The number of benzene rings is 1. The molecule has 0 aliphatic carbocycles. The van der Waals surface area contributed by atoms with Crippen molar-refractivity contribution in [1.29, 1.82) is 0 Å². The first-order chi connectivity index (χ1) is 5.65. The highest BCUT2D eigenvalue weighted by molar-refractivity contribution is 6.48. The van der Waals surface area contributed by atoms with Gasteiger partial charge in [0, 0.05) is 23.3 Å².